The summed E-state index contributed by atoms with van der Waals surface area (Å²) in [6.07, 6.45) is 3.90. The minimum absolute atomic E-state index is 0.0419. The van der Waals surface area contributed by atoms with Gasteiger partial charge in [0.1, 0.15) is 17.1 Å². The van der Waals surface area contributed by atoms with Crippen molar-refractivity contribution in [3.05, 3.63) is 23.8 Å². The van der Waals surface area contributed by atoms with Crippen molar-refractivity contribution in [3.63, 3.8) is 0 Å². The Hall–Kier alpha value is -3.58. The van der Waals surface area contributed by atoms with Gasteiger partial charge in [0.2, 0.25) is 5.91 Å². The molecule has 0 saturated carbocycles. The highest BCUT2D eigenvalue weighted by molar-refractivity contribution is 5.97. The summed E-state index contributed by atoms with van der Waals surface area (Å²) in [6, 6.07) is 4.11. The molecule has 54 heavy (non-hydrogen) atoms. The van der Waals surface area contributed by atoms with Gasteiger partial charge >= 0.3 is 6.09 Å². The lowest BCUT2D eigenvalue weighted by Crippen LogP contribution is -2.49. The molecule has 0 spiro atoms. The molecule has 0 radical (unpaired) electrons. The summed E-state index contributed by atoms with van der Waals surface area (Å²) in [7, 11) is 1.64. The van der Waals surface area contributed by atoms with Crippen LogP contribution < -0.4 is 30.7 Å². The maximum Gasteiger partial charge on any atom is 0.407 e. The first-order valence-electron chi connectivity index (χ1n) is 19.9. The van der Waals surface area contributed by atoms with Crippen LogP contribution in [-0.2, 0) is 19.1 Å². The van der Waals surface area contributed by atoms with Gasteiger partial charge in [0.25, 0.3) is 11.8 Å². The van der Waals surface area contributed by atoms with Gasteiger partial charge in [0.15, 0.2) is 6.61 Å². The number of amides is 4. The van der Waals surface area contributed by atoms with E-state index in [0.29, 0.717) is 56.2 Å². The summed E-state index contributed by atoms with van der Waals surface area (Å²) in [6.45, 7) is 19.5. The van der Waals surface area contributed by atoms with Crippen molar-refractivity contribution in [2.45, 2.75) is 131 Å². The number of carbonyl (C=O) groups excluding carboxylic acids is 4. The fourth-order valence-corrected chi connectivity index (χ4v) is 5.67. The largest absolute Gasteiger partial charge is 0.493 e. The van der Waals surface area contributed by atoms with Crippen molar-refractivity contribution in [1.82, 2.24) is 21.3 Å². The zero-order valence-corrected chi connectivity index (χ0v) is 34.8. The van der Waals surface area contributed by atoms with Gasteiger partial charge in [-0.2, -0.15) is 0 Å². The Morgan fingerprint density at radius 3 is 2.06 bits per heavy atom. The van der Waals surface area contributed by atoms with Crippen LogP contribution in [0.1, 0.15) is 124 Å². The van der Waals surface area contributed by atoms with E-state index in [-0.39, 0.29) is 55.0 Å². The van der Waals surface area contributed by atoms with Gasteiger partial charge in [-0.05, 0) is 89.2 Å². The number of hydrogen-bond donors (Lipinski definition) is 5. The molecule has 0 aliphatic heterocycles. The fourth-order valence-electron chi connectivity index (χ4n) is 5.67. The van der Waals surface area contributed by atoms with Gasteiger partial charge in [-0.1, -0.05) is 54.4 Å². The van der Waals surface area contributed by atoms with Crippen LogP contribution >= 0.6 is 0 Å². The quantitative estimate of drug-likeness (QED) is 0.0673. The van der Waals surface area contributed by atoms with Crippen LogP contribution in [0.3, 0.4) is 0 Å². The number of nitrogens with one attached hydrogen (secondary N) is 4. The number of alkyl carbamates (subject to hydrolysis) is 1. The number of aliphatic hydroxyl groups is 1. The Labute approximate surface area is 324 Å². The van der Waals surface area contributed by atoms with Crippen LogP contribution in [0.2, 0.25) is 0 Å². The summed E-state index contributed by atoms with van der Waals surface area (Å²) in [5.74, 6) is -0.624. The van der Waals surface area contributed by atoms with Gasteiger partial charge in [-0.25, -0.2) is 4.79 Å². The molecule has 1 aromatic rings. The third-order valence-electron chi connectivity index (χ3n) is 9.08. The number of aliphatic hydroxyl groups excluding tert-OH is 1. The van der Waals surface area contributed by atoms with E-state index in [1.165, 1.54) is 0 Å². The zero-order chi connectivity index (χ0) is 40.7. The first-order valence-corrected chi connectivity index (χ1v) is 19.9. The zero-order valence-electron chi connectivity index (χ0n) is 34.8. The van der Waals surface area contributed by atoms with Crippen molar-refractivity contribution in [2.75, 3.05) is 46.6 Å². The Balaban J connectivity index is 3.22. The minimum Gasteiger partial charge on any atom is -0.493 e. The summed E-state index contributed by atoms with van der Waals surface area (Å²) in [5, 5.41) is 23.3. The van der Waals surface area contributed by atoms with Crippen molar-refractivity contribution < 1.29 is 43.2 Å². The third kappa shape index (κ3) is 20.2. The molecule has 0 unspecified atom stereocenters. The van der Waals surface area contributed by atoms with Crippen molar-refractivity contribution in [3.8, 4) is 11.5 Å². The Morgan fingerprint density at radius 1 is 0.815 bits per heavy atom. The normalized spacial score (nSPS) is 13.8. The topological polar surface area (TPSA) is 174 Å². The molecule has 13 nitrogen and oxygen atoms in total. The van der Waals surface area contributed by atoms with E-state index in [9.17, 15) is 24.3 Å². The van der Waals surface area contributed by atoms with Crippen LogP contribution in [0.25, 0.3) is 0 Å². The second-order valence-electron chi connectivity index (χ2n) is 15.7. The smallest absolute Gasteiger partial charge is 0.407 e. The number of rotatable bonds is 27. The van der Waals surface area contributed by atoms with Crippen LogP contribution in [0.15, 0.2) is 18.2 Å². The predicted molar refractivity (Wildman–Crippen MR) is 212 cm³/mol. The molecule has 0 heterocycles. The lowest BCUT2D eigenvalue weighted by atomic mass is 9.82. The number of methoxy groups -OCH3 is 1. The van der Waals surface area contributed by atoms with E-state index in [4.69, 9.17) is 18.9 Å². The molecule has 310 valence electrons. The van der Waals surface area contributed by atoms with Gasteiger partial charge < -0.3 is 45.3 Å². The summed E-state index contributed by atoms with van der Waals surface area (Å²) >= 11 is 0. The molecule has 4 amide bonds. The summed E-state index contributed by atoms with van der Waals surface area (Å²) in [5.41, 5.74) is -0.447. The predicted octanol–water partition coefficient (Wildman–Crippen LogP) is 6.01. The average molecular weight is 765 g/mol. The number of ether oxygens (including phenoxy) is 4. The van der Waals surface area contributed by atoms with Gasteiger partial charge in [-0.3, -0.25) is 14.4 Å². The molecule has 1 rings (SSSR count). The maximum absolute atomic E-state index is 13.7. The first kappa shape index (κ1) is 48.4. The highest BCUT2D eigenvalue weighted by Gasteiger charge is 2.33. The van der Waals surface area contributed by atoms with Crippen molar-refractivity contribution in [1.29, 1.82) is 0 Å². The number of benzene rings is 1. The molecule has 5 N–H and O–H groups in total. The molecule has 0 bridgehead atoms. The SMILES string of the molecule is CCCCNC(=O)COc1ccc(C(=O)NC[C@@H](C[C@H](NC(=O)OC(C)(C)C)[C@@H](O)C[C@H](C(=O)NCCCC)C(C)C)C(C)C)c(OCCCCOC)c1. The third-order valence-corrected chi connectivity index (χ3v) is 9.08. The molecule has 1 aromatic carbocycles. The minimum atomic E-state index is -1.06. The Kier molecular flexibility index (Phi) is 23.6. The van der Waals surface area contributed by atoms with E-state index in [1.54, 1.807) is 46.1 Å². The number of unbranched alkanes of at least 4 members (excludes halogenated alkanes) is 3. The van der Waals surface area contributed by atoms with Crippen LogP contribution in [0.5, 0.6) is 11.5 Å². The summed E-state index contributed by atoms with van der Waals surface area (Å²) < 4.78 is 22.5. The van der Waals surface area contributed by atoms with E-state index in [0.717, 1.165) is 32.1 Å². The molecule has 0 aliphatic rings. The molecule has 0 fully saturated rings. The molecule has 4 atom stereocenters. The van der Waals surface area contributed by atoms with E-state index in [1.807, 2.05) is 34.6 Å². The standard InChI is InChI=1S/C41H72N4O9/c1-11-13-19-42-37(47)27-53-31-17-18-32(36(24-31)52-22-16-15-21-51-10)38(48)44-26-30(28(3)4)23-34(45-40(50)54-41(7,8)9)35(46)25-33(29(5)6)39(49)43-20-14-12-2/h17-18,24,28-30,33-35,46H,11-16,19-23,25-27H2,1-10H3,(H,42,47)(H,43,49)(H,44,48)(H,45,50)/t30-,33+,34+,35+/m1/s1. The number of carbonyl (C=O) groups is 4. The molecule has 0 aliphatic carbocycles. The van der Waals surface area contributed by atoms with Crippen LogP contribution in [0, 0.1) is 23.7 Å². The van der Waals surface area contributed by atoms with Crippen molar-refractivity contribution in [2.24, 2.45) is 23.7 Å². The Morgan fingerprint density at radius 2 is 1.46 bits per heavy atom. The van der Waals surface area contributed by atoms with Gasteiger partial charge in [0.05, 0.1) is 24.3 Å². The fraction of sp³-hybridized carbons (Fsp3) is 0.756. The van der Waals surface area contributed by atoms with Gasteiger partial charge in [-0.15, -0.1) is 0 Å². The number of hydrogen-bond acceptors (Lipinski definition) is 9. The average Bonchev–Trinajstić information content (AvgIpc) is 3.09. The molecule has 0 saturated heterocycles. The van der Waals surface area contributed by atoms with Gasteiger partial charge in [0, 0.05) is 45.3 Å². The molecule has 13 heteroatoms. The van der Waals surface area contributed by atoms with E-state index >= 15 is 0 Å². The molecular formula is C41H72N4O9. The highest BCUT2D eigenvalue weighted by Crippen LogP contribution is 2.27. The molecule has 0 aromatic heterocycles. The van der Waals surface area contributed by atoms with E-state index < -0.39 is 29.8 Å². The van der Waals surface area contributed by atoms with Crippen molar-refractivity contribution >= 4 is 23.8 Å². The molecular weight excluding hydrogens is 692 g/mol. The highest BCUT2D eigenvalue weighted by atomic mass is 16.6. The maximum atomic E-state index is 13.7. The van der Waals surface area contributed by atoms with E-state index in [2.05, 4.69) is 28.2 Å². The first-order chi connectivity index (χ1) is 25.5. The second-order valence-corrected chi connectivity index (χ2v) is 15.7. The Bertz CT molecular complexity index is 1250. The summed E-state index contributed by atoms with van der Waals surface area (Å²) in [4.78, 5) is 52.1. The monoisotopic (exact) mass is 765 g/mol. The lowest BCUT2D eigenvalue weighted by molar-refractivity contribution is -0.127. The second kappa shape index (κ2) is 26.3. The van der Waals surface area contributed by atoms with Crippen LogP contribution in [-0.4, -0.2) is 93.2 Å². The van der Waals surface area contributed by atoms with Crippen LogP contribution in [0.4, 0.5) is 4.79 Å². The lowest BCUT2D eigenvalue weighted by Gasteiger charge is -2.33.